The third-order valence-electron chi connectivity index (χ3n) is 5.08. The van der Waals surface area contributed by atoms with Crippen LogP contribution in [0.25, 0.3) is 0 Å². The summed E-state index contributed by atoms with van der Waals surface area (Å²) in [6.07, 6.45) is 3.30. The Bertz CT molecular complexity index is 910. The van der Waals surface area contributed by atoms with Crippen molar-refractivity contribution in [2.75, 3.05) is 38.2 Å². The number of carbonyl (C=O) groups excluding carboxylic acids is 2. The van der Waals surface area contributed by atoms with Crippen molar-refractivity contribution in [2.45, 2.75) is 26.2 Å². The zero-order valence-corrected chi connectivity index (χ0v) is 19.1. The molecule has 0 saturated carbocycles. The van der Waals surface area contributed by atoms with E-state index in [4.69, 9.17) is 21.7 Å². The van der Waals surface area contributed by atoms with Gasteiger partial charge in [0.1, 0.15) is 12.4 Å². The van der Waals surface area contributed by atoms with E-state index in [0.717, 1.165) is 25.9 Å². The third kappa shape index (κ3) is 7.03. The van der Waals surface area contributed by atoms with Crippen LogP contribution in [0.5, 0.6) is 5.75 Å². The highest BCUT2D eigenvalue weighted by molar-refractivity contribution is 7.80. The Balaban J connectivity index is 1.47. The molecule has 2 N–H and O–H groups in total. The number of rotatable bonds is 8. The highest BCUT2D eigenvalue weighted by atomic mass is 32.1. The number of benzene rings is 2. The van der Waals surface area contributed by atoms with Gasteiger partial charge in [-0.15, -0.1) is 0 Å². The first-order chi connectivity index (χ1) is 15.6. The summed E-state index contributed by atoms with van der Waals surface area (Å²) in [5, 5.41) is 5.82. The summed E-state index contributed by atoms with van der Waals surface area (Å²) < 4.78 is 10.8. The second kappa shape index (κ2) is 12.2. The van der Waals surface area contributed by atoms with Crippen LogP contribution >= 0.6 is 12.2 Å². The SMILES string of the molecule is CCOCCOc1ccc(C(=O)NC(=S)Nc2ccc(C(=O)N3CCCCC3)cc2)cc1. The summed E-state index contributed by atoms with van der Waals surface area (Å²) in [5.74, 6) is 0.402. The van der Waals surface area contributed by atoms with Gasteiger partial charge in [-0.1, -0.05) is 0 Å². The highest BCUT2D eigenvalue weighted by Gasteiger charge is 2.18. The molecule has 3 rings (SSSR count). The molecule has 2 aromatic rings. The van der Waals surface area contributed by atoms with Crippen molar-refractivity contribution in [3.63, 3.8) is 0 Å². The fraction of sp³-hybridized carbons (Fsp3) is 0.375. The number of carbonyl (C=O) groups is 2. The topological polar surface area (TPSA) is 79.9 Å². The molecule has 1 aliphatic rings. The summed E-state index contributed by atoms with van der Waals surface area (Å²) in [4.78, 5) is 26.9. The Morgan fingerprint density at radius 1 is 0.938 bits per heavy atom. The molecule has 0 atom stereocenters. The van der Waals surface area contributed by atoms with Crippen LogP contribution in [0.2, 0.25) is 0 Å². The van der Waals surface area contributed by atoms with Crippen molar-refractivity contribution in [3.8, 4) is 5.75 Å². The number of ether oxygens (including phenoxy) is 2. The molecule has 2 amide bonds. The molecule has 1 fully saturated rings. The second-order valence-corrected chi connectivity index (χ2v) is 7.82. The van der Waals surface area contributed by atoms with Crippen LogP contribution in [-0.2, 0) is 4.74 Å². The number of thiocarbonyl (C=S) groups is 1. The van der Waals surface area contributed by atoms with E-state index in [1.165, 1.54) is 6.42 Å². The molecule has 1 heterocycles. The third-order valence-corrected chi connectivity index (χ3v) is 5.28. The van der Waals surface area contributed by atoms with E-state index < -0.39 is 0 Å². The quantitative estimate of drug-likeness (QED) is 0.465. The first-order valence-corrected chi connectivity index (χ1v) is 11.3. The smallest absolute Gasteiger partial charge is 0.257 e. The van der Waals surface area contributed by atoms with E-state index in [-0.39, 0.29) is 16.9 Å². The van der Waals surface area contributed by atoms with Crippen molar-refractivity contribution in [3.05, 3.63) is 59.7 Å². The largest absolute Gasteiger partial charge is 0.491 e. The first kappa shape index (κ1) is 23.7. The summed E-state index contributed by atoms with van der Waals surface area (Å²) in [6.45, 7) is 5.18. The molecule has 170 valence electrons. The van der Waals surface area contributed by atoms with Gasteiger partial charge in [-0.2, -0.15) is 0 Å². The number of hydrogen-bond acceptors (Lipinski definition) is 5. The minimum absolute atomic E-state index is 0.0532. The summed E-state index contributed by atoms with van der Waals surface area (Å²) in [7, 11) is 0. The summed E-state index contributed by atoms with van der Waals surface area (Å²) in [6, 6.07) is 13.9. The lowest BCUT2D eigenvalue weighted by atomic mass is 10.1. The van der Waals surface area contributed by atoms with Gasteiger partial charge in [0.2, 0.25) is 0 Å². The lowest BCUT2D eigenvalue weighted by molar-refractivity contribution is 0.0724. The minimum Gasteiger partial charge on any atom is -0.491 e. The van der Waals surface area contributed by atoms with Crippen molar-refractivity contribution >= 4 is 34.8 Å². The van der Waals surface area contributed by atoms with Gasteiger partial charge in [-0.25, -0.2) is 0 Å². The van der Waals surface area contributed by atoms with Gasteiger partial charge >= 0.3 is 0 Å². The van der Waals surface area contributed by atoms with Gasteiger partial charge in [-0.05, 0) is 86.9 Å². The Hall–Kier alpha value is -2.97. The maximum atomic E-state index is 12.6. The van der Waals surface area contributed by atoms with Crippen molar-refractivity contribution in [1.29, 1.82) is 0 Å². The van der Waals surface area contributed by atoms with Crippen LogP contribution in [-0.4, -0.2) is 54.7 Å². The molecule has 32 heavy (non-hydrogen) atoms. The zero-order chi connectivity index (χ0) is 22.8. The summed E-state index contributed by atoms with van der Waals surface area (Å²) >= 11 is 5.25. The van der Waals surface area contributed by atoms with Crippen LogP contribution in [0.4, 0.5) is 5.69 Å². The van der Waals surface area contributed by atoms with Crippen LogP contribution in [0.3, 0.4) is 0 Å². The van der Waals surface area contributed by atoms with Crippen LogP contribution in [0.15, 0.2) is 48.5 Å². The Morgan fingerprint density at radius 3 is 2.25 bits per heavy atom. The monoisotopic (exact) mass is 455 g/mol. The molecule has 0 spiro atoms. The van der Waals surface area contributed by atoms with E-state index in [1.807, 2.05) is 11.8 Å². The predicted molar refractivity (Wildman–Crippen MR) is 128 cm³/mol. The van der Waals surface area contributed by atoms with E-state index in [2.05, 4.69) is 10.6 Å². The van der Waals surface area contributed by atoms with Crippen molar-refractivity contribution in [2.24, 2.45) is 0 Å². The Morgan fingerprint density at radius 2 is 1.59 bits per heavy atom. The molecule has 1 saturated heterocycles. The number of hydrogen-bond donors (Lipinski definition) is 2. The van der Waals surface area contributed by atoms with Gasteiger partial charge in [0.25, 0.3) is 11.8 Å². The van der Waals surface area contributed by atoms with E-state index in [0.29, 0.717) is 42.4 Å². The van der Waals surface area contributed by atoms with E-state index >= 15 is 0 Å². The second-order valence-electron chi connectivity index (χ2n) is 7.41. The van der Waals surface area contributed by atoms with Gasteiger partial charge in [-0.3, -0.25) is 14.9 Å². The molecule has 7 nitrogen and oxygen atoms in total. The number of amides is 2. The molecule has 1 aliphatic heterocycles. The van der Waals surface area contributed by atoms with Crippen LogP contribution in [0.1, 0.15) is 46.9 Å². The number of piperidine rings is 1. The predicted octanol–water partition coefficient (Wildman–Crippen LogP) is 3.85. The molecule has 0 aliphatic carbocycles. The van der Waals surface area contributed by atoms with Gasteiger partial charge < -0.3 is 19.7 Å². The lowest BCUT2D eigenvalue weighted by Crippen LogP contribution is -2.35. The lowest BCUT2D eigenvalue weighted by Gasteiger charge is -2.26. The molecule has 0 radical (unpaired) electrons. The van der Waals surface area contributed by atoms with E-state index in [1.54, 1.807) is 48.5 Å². The number of anilines is 1. The molecule has 0 bridgehead atoms. The Labute approximate surface area is 194 Å². The molecule has 2 aromatic carbocycles. The average Bonchev–Trinajstić information content (AvgIpc) is 2.83. The number of nitrogens with one attached hydrogen (secondary N) is 2. The number of likely N-dealkylation sites (tertiary alicyclic amines) is 1. The standard InChI is InChI=1S/C24H29N3O4S/c1-2-30-16-17-31-21-12-8-18(9-13-21)22(28)26-24(32)25-20-10-6-19(7-11-20)23(29)27-14-4-3-5-15-27/h6-13H,2-5,14-17H2,1H3,(H2,25,26,28,32). The fourth-order valence-corrected chi connectivity index (χ4v) is 3.59. The van der Waals surface area contributed by atoms with Gasteiger partial charge in [0.15, 0.2) is 5.11 Å². The molecular weight excluding hydrogens is 426 g/mol. The highest BCUT2D eigenvalue weighted by Crippen LogP contribution is 2.16. The van der Waals surface area contributed by atoms with Gasteiger partial charge in [0.05, 0.1) is 6.61 Å². The fourth-order valence-electron chi connectivity index (χ4n) is 3.38. The molecule has 0 aromatic heterocycles. The molecule has 0 unspecified atom stereocenters. The molecular formula is C24H29N3O4S. The summed E-state index contributed by atoms with van der Waals surface area (Å²) in [5.41, 5.74) is 1.81. The minimum atomic E-state index is -0.319. The first-order valence-electron chi connectivity index (χ1n) is 10.9. The van der Waals surface area contributed by atoms with Crippen molar-refractivity contribution < 1.29 is 19.1 Å². The Kier molecular flexibility index (Phi) is 9.01. The maximum Gasteiger partial charge on any atom is 0.257 e. The van der Waals surface area contributed by atoms with Crippen molar-refractivity contribution in [1.82, 2.24) is 10.2 Å². The van der Waals surface area contributed by atoms with Crippen LogP contribution in [0, 0.1) is 0 Å². The molecule has 8 heteroatoms. The normalized spacial score (nSPS) is 13.3. The van der Waals surface area contributed by atoms with E-state index in [9.17, 15) is 9.59 Å². The van der Waals surface area contributed by atoms with Crippen LogP contribution < -0.4 is 15.4 Å². The van der Waals surface area contributed by atoms with Gasteiger partial charge in [0, 0.05) is 36.5 Å². The maximum absolute atomic E-state index is 12.6. The average molecular weight is 456 g/mol. The number of nitrogens with zero attached hydrogens (tertiary/aromatic N) is 1. The zero-order valence-electron chi connectivity index (χ0n) is 18.3.